The lowest BCUT2D eigenvalue weighted by molar-refractivity contribution is -0.386. The minimum atomic E-state index is -1.14. The number of nitrogens with zero attached hydrogens (tertiary/aromatic N) is 1. The van der Waals surface area contributed by atoms with Crippen LogP contribution in [0.1, 0.15) is 20.8 Å². The van der Waals surface area contributed by atoms with E-state index in [4.69, 9.17) is 9.15 Å². The highest BCUT2D eigenvalue weighted by molar-refractivity contribution is 6.01. The molecule has 8 nitrogen and oxygen atoms in total. The third-order valence-electron chi connectivity index (χ3n) is 2.60. The van der Waals surface area contributed by atoms with E-state index in [0.717, 1.165) is 0 Å². The molecule has 1 aromatic carbocycles. The van der Waals surface area contributed by atoms with Gasteiger partial charge < -0.3 is 9.15 Å². The topological polar surface area (TPSA) is 112 Å². The average Bonchev–Trinajstić information content (AvgIpc) is 2.35. The number of hydrogen-bond acceptors (Lipinski definition) is 6. The van der Waals surface area contributed by atoms with E-state index in [1.807, 2.05) is 0 Å². The number of ether oxygens (including phenoxy) is 1. The molecule has 0 radical (unpaired) electrons. The van der Waals surface area contributed by atoms with E-state index >= 15 is 0 Å². The minimum absolute atomic E-state index is 0.129. The van der Waals surface area contributed by atoms with Gasteiger partial charge in [0.1, 0.15) is 16.9 Å². The van der Waals surface area contributed by atoms with E-state index in [2.05, 4.69) is 5.32 Å². The van der Waals surface area contributed by atoms with Gasteiger partial charge in [0, 0.05) is 5.39 Å². The van der Waals surface area contributed by atoms with Crippen molar-refractivity contribution in [2.24, 2.45) is 0 Å². The fourth-order valence-electron chi connectivity index (χ4n) is 1.84. The number of hydrogen-bond donors (Lipinski definition) is 1. The Morgan fingerprint density at radius 1 is 1.32 bits per heavy atom. The highest BCUT2D eigenvalue weighted by atomic mass is 16.6. The summed E-state index contributed by atoms with van der Waals surface area (Å²) < 4.78 is 9.95. The highest BCUT2D eigenvalue weighted by Gasteiger charge is 2.27. The summed E-state index contributed by atoms with van der Waals surface area (Å²) in [6.45, 7) is 4.95. The molecule has 1 N–H and O–H groups in total. The lowest BCUT2D eigenvalue weighted by Gasteiger charge is -2.19. The maximum atomic E-state index is 11.9. The van der Waals surface area contributed by atoms with Gasteiger partial charge in [0.2, 0.25) is 0 Å². The van der Waals surface area contributed by atoms with Gasteiger partial charge in [-0.3, -0.25) is 15.4 Å². The smallest absolute Gasteiger partial charge is 0.417 e. The zero-order valence-electron chi connectivity index (χ0n) is 12.2. The van der Waals surface area contributed by atoms with Gasteiger partial charge in [0.25, 0.3) is 0 Å². The number of carbonyl (C=O) groups excluding carboxylic acids is 1. The fraction of sp³-hybridized carbons (Fsp3) is 0.286. The molecule has 8 heteroatoms. The van der Waals surface area contributed by atoms with E-state index in [1.165, 1.54) is 12.1 Å². The molecule has 0 unspecified atom stereocenters. The molecule has 1 heterocycles. The standard InChI is InChI=1S/C14H14N2O6/c1-14(2,3)22-13(18)15-10-8-6-4-5-7-9(8)21-12(17)11(10)16(19)20/h4-7H,1-3H3,(H,15,18). The van der Waals surface area contributed by atoms with Crippen molar-refractivity contribution in [3.63, 3.8) is 0 Å². The van der Waals surface area contributed by atoms with Crippen LogP contribution in [0.2, 0.25) is 0 Å². The third kappa shape index (κ3) is 3.22. The molecule has 116 valence electrons. The van der Waals surface area contributed by atoms with Gasteiger partial charge in [-0.15, -0.1) is 0 Å². The molecule has 2 aromatic rings. The molecule has 0 bridgehead atoms. The molecule has 1 aromatic heterocycles. The van der Waals surface area contributed by atoms with Crippen molar-refractivity contribution < 1.29 is 18.9 Å². The summed E-state index contributed by atoms with van der Waals surface area (Å²) in [7, 11) is 0. The molecule has 0 aliphatic carbocycles. The van der Waals surface area contributed by atoms with Crippen LogP contribution in [0, 0.1) is 10.1 Å². The Labute approximate surface area is 124 Å². The van der Waals surface area contributed by atoms with Crippen LogP contribution in [0.3, 0.4) is 0 Å². The van der Waals surface area contributed by atoms with Crippen molar-refractivity contribution in [1.29, 1.82) is 0 Å². The number of nitro groups is 1. The summed E-state index contributed by atoms with van der Waals surface area (Å²) >= 11 is 0. The van der Waals surface area contributed by atoms with E-state index < -0.39 is 27.9 Å². The van der Waals surface area contributed by atoms with Gasteiger partial charge in [0.05, 0.1) is 4.92 Å². The van der Waals surface area contributed by atoms with Crippen LogP contribution in [0.15, 0.2) is 33.5 Å². The Balaban J connectivity index is 2.59. The van der Waals surface area contributed by atoms with Crippen molar-refractivity contribution in [3.8, 4) is 0 Å². The normalized spacial score (nSPS) is 11.2. The SMILES string of the molecule is CC(C)(C)OC(=O)Nc1c([N+](=O)[O-])c(=O)oc2ccccc12. The second-order valence-corrected chi connectivity index (χ2v) is 5.49. The minimum Gasteiger partial charge on any atom is -0.444 e. The molecule has 0 aliphatic rings. The molecule has 1 amide bonds. The maximum Gasteiger partial charge on any atom is 0.417 e. The lowest BCUT2D eigenvalue weighted by atomic mass is 10.2. The third-order valence-corrected chi connectivity index (χ3v) is 2.60. The summed E-state index contributed by atoms with van der Waals surface area (Å²) in [5, 5.41) is 13.6. The van der Waals surface area contributed by atoms with Crippen LogP contribution in [0.5, 0.6) is 0 Å². The summed E-state index contributed by atoms with van der Waals surface area (Å²) in [5.41, 5.74) is -2.89. The van der Waals surface area contributed by atoms with Gasteiger partial charge in [0.15, 0.2) is 0 Å². The number of nitrogens with one attached hydrogen (secondary N) is 1. The van der Waals surface area contributed by atoms with Gasteiger partial charge in [-0.05, 0) is 32.9 Å². The number of anilines is 1. The number of rotatable bonds is 2. The van der Waals surface area contributed by atoms with Crippen LogP contribution in [0.25, 0.3) is 11.0 Å². The molecule has 0 saturated carbocycles. The molecule has 0 atom stereocenters. The van der Waals surface area contributed by atoms with Crippen LogP contribution in [-0.2, 0) is 4.74 Å². The Morgan fingerprint density at radius 3 is 2.55 bits per heavy atom. The predicted octanol–water partition coefficient (Wildman–Crippen LogP) is 3.05. The monoisotopic (exact) mass is 306 g/mol. The van der Waals surface area contributed by atoms with Gasteiger partial charge in [-0.2, -0.15) is 0 Å². The Hall–Kier alpha value is -2.90. The van der Waals surface area contributed by atoms with Crippen molar-refractivity contribution in [2.45, 2.75) is 26.4 Å². The first-order chi connectivity index (χ1) is 10.2. The second kappa shape index (κ2) is 5.47. The molecule has 0 aliphatic heterocycles. The molecule has 0 saturated heterocycles. The summed E-state index contributed by atoms with van der Waals surface area (Å²) in [4.78, 5) is 33.8. The first kappa shape index (κ1) is 15.5. The van der Waals surface area contributed by atoms with Crippen LogP contribution >= 0.6 is 0 Å². The van der Waals surface area contributed by atoms with Crippen molar-refractivity contribution in [2.75, 3.05) is 5.32 Å². The number of carbonyl (C=O) groups is 1. The van der Waals surface area contributed by atoms with E-state index in [0.29, 0.717) is 0 Å². The first-order valence-electron chi connectivity index (χ1n) is 6.39. The molecule has 2 rings (SSSR count). The van der Waals surface area contributed by atoms with E-state index in [-0.39, 0.29) is 16.7 Å². The molecular formula is C14H14N2O6. The highest BCUT2D eigenvalue weighted by Crippen LogP contribution is 2.30. The number of para-hydroxylation sites is 1. The van der Waals surface area contributed by atoms with Crippen molar-refractivity contribution in [3.05, 3.63) is 44.8 Å². The van der Waals surface area contributed by atoms with Crippen LogP contribution in [0.4, 0.5) is 16.2 Å². The van der Waals surface area contributed by atoms with E-state index in [9.17, 15) is 19.7 Å². The molecule has 22 heavy (non-hydrogen) atoms. The van der Waals surface area contributed by atoms with Gasteiger partial charge in [-0.25, -0.2) is 9.59 Å². The maximum absolute atomic E-state index is 11.9. The molecular weight excluding hydrogens is 292 g/mol. The number of amides is 1. The quantitative estimate of drug-likeness (QED) is 0.518. The Morgan fingerprint density at radius 2 is 1.95 bits per heavy atom. The van der Waals surface area contributed by atoms with Crippen molar-refractivity contribution >= 4 is 28.4 Å². The van der Waals surface area contributed by atoms with E-state index in [1.54, 1.807) is 32.9 Å². The average molecular weight is 306 g/mol. The van der Waals surface area contributed by atoms with Gasteiger partial charge >= 0.3 is 17.4 Å². The largest absolute Gasteiger partial charge is 0.444 e. The fourth-order valence-corrected chi connectivity index (χ4v) is 1.84. The molecule has 0 fully saturated rings. The zero-order valence-corrected chi connectivity index (χ0v) is 12.2. The number of fused-ring (bicyclic) bond motifs is 1. The zero-order chi connectivity index (χ0) is 16.5. The predicted molar refractivity (Wildman–Crippen MR) is 79.0 cm³/mol. The van der Waals surface area contributed by atoms with Gasteiger partial charge in [-0.1, -0.05) is 12.1 Å². The second-order valence-electron chi connectivity index (χ2n) is 5.49. The van der Waals surface area contributed by atoms with Crippen molar-refractivity contribution in [1.82, 2.24) is 0 Å². The first-order valence-corrected chi connectivity index (χ1v) is 6.39. The summed E-state index contributed by atoms with van der Waals surface area (Å²) in [6.07, 6.45) is -0.897. The summed E-state index contributed by atoms with van der Waals surface area (Å²) in [6, 6.07) is 6.18. The summed E-state index contributed by atoms with van der Waals surface area (Å²) in [5.74, 6) is 0. The molecule has 0 spiro atoms. The number of benzene rings is 1. The van der Waals surface area contributed by atoms with Crippen LogP contribution < -0.4 is 10.9 Å². The lowest BCUT2D eigenvalue weighted by Crippen LogP contribution is -2.28. The van der Waals surface area contributed by atoms with Crippen LogP contribution in [-0.4, -0.2) is 16.6 Å². The Bertz CT molecular complexity index is 803. The Kier molecular flexibility index (Phi) is 3.85.